The van der Waals surface area contributed by atoms with Crippen LogP contribution in [0.15, 0.2) is 65.3 Å². The molecule has 2 aromatic carbocycles. The lowest BCUT2D eigenvalue weighted by Crippen LogP contribution is -2.16. The molecule has 3 aromatic rings. The van der Waals surface area contributed by atoms with Gasteiger partial charge in [-0.2, -0.15) is 0 Å². The first-order valence-corrected chi connectivity index (χ1v) is 8.52. The second-order valence-corrected chi connectivity index (χ2v) is 6.34. The van der Waals surface area contributed by atoms with Crippen LogP contribution in [-0.4, -0.2) is 16.8 Å². The van der Waals surface area contributed by atoms with Crippen LogP contribution in [0.5, 0.6) is 11.6 Å². The van der Waals surface area contributed by atoms with E-state index >= 15 is 0 Å². The van der Waals surface area contributed by atoms with Crippen LogP contribution in [0.3, 0.4) is 0 Å². The molecule has 0 aliphatic heterocycles. The number of hydrogen-bond acceptors (Lipinski definition) is 4. The van der Waals surface area contributed by atoms with Gasteiger partial charge in [0, 0.05) is 16.2 Å². The van der Waals surface area contributed by atoms with Gasteiger partial charge in [0.25, 0.3) is 5.91 Å². The van der Waals surface area contributed by atoms with Crippen molar-refractivity contribution in [1.82, 2.24) is 4.98 Å². The summed E-state index contributed by atoms with van der Waals surface area (Å²) in [4.78, 5) is 27.9. The Balaban J connectivity index is 1.88. The number of primary amides is 1. The number of aromatic nitrogens is 1. The van der Waals surface area contributed by atoms with Crippen molar-refractivity contribution in [3.63, 3.8) is 0 Å². The van der Waals surface area contributed by atoms with Gasteiger partial charge in [-0.25, -0.2) is 9.37 Å². The lowest BCUT2D eigenvalue weighted by Gasteiger charge is -2.11. The second kappa shape index (κ2) is 7.96. The van der Waals surface area contributed by atoms with E-state index in [0.29, 0.717) is 5.75 Å². The van der Waals surface area contributed by atoms with E-state index in [1.54, 1.807) is 24.3 Å². The van der Waals surface area contributed by atoms with Crippen LogP contribution in [0, 0.1) is 5.82 Å². The van der Waals surface area contributed by atoms with Crippen LogP contribution < -0.4 is 15.8 Å². The number of rotatable bonds is 5. The van der Waals surface area contributed by atoms with Crippen molar-refractivity contribution in [2.75, 3.05) is 5.32 Å². The van der Waals surface area contributed by atoms with E-state index in [4.69, 9.17) is 10.5 Å². The summed E-state index contributed by atoms with van der Waals surface area (Å²) in [5.41, 5.74) is 5.19. The van der Waals surface area contributed by atoms with Crippen molar-refractivity contribution in [1.29, 1.82) is 0 Å². The van der Waals surface area contributed by atoms with Gasteiger partial charge in [0.05, 0.1) is 5.69 Å². The van der Waals surface area contributed by atoms with Crippen LogP contribution >= 0.6 is 15.9 Å². The highest BCUT2D eigenvalue weighted by molar-refractivity contribution is 9.10. The summed E-state index contributed by atoms with van der Waals surface area (Å²) in [6, 6.07) is 13.5. The minimum atomic E-state index is -0.731. The predicted octanol–water partition coefficient (Wildman–Crippen LogP) is 4.13. The summed E-state index contributed by atoms with van der Waals surface area (Å²) in [5.74, 6) is -1.55. The third-order valence-electron chi connectivity index (χ3n) is 3.53. The number of benzene rings is 2. The Kier molecular flexibility index (Phi) is 5.46. The van der Waals surface area contributed by atoms with E-state index in [0.717, 1.165) is 10.5 Å². The van der Waals surface area contributed by atoms with Gasteiger partial charge >= 0.3 is 0 Å². The number of carbonyl (C=O) groups excluding carboxylic acids is 2. The molecule has 2 amide bonds. The normalized spacial score (nSPS) is 10.3. The van der Waals surface area contributed by atoms with Gasteiger partial charge in [-0.3, -0.25) is 9.59 Å². The van der Waals surface area contributed by atoms with E-state index < -0.39 is 17.6 Å². The van der Waals surface area contributed by atoms with Crippen molar-refractivity contribution in [2.45, 2.75) is 0 Å². The summed E-state index contributed by atoms with van der Waals surface area (Å²) < 4.78 is 20.5. The van der Waals surface area contributed by atoms with Gasteiger partial charge in [0.1, 0.15) is 17.1 Å². The number of carbonyl (C=O) groups is 2. The van der Waals surface area contributed by atoms with Crippen LogP contribution in [-0.2, 0) is 0 Å². The minimum Gasteiger partial charge on any atom is -0.438 e. The highest BCUT2D eigenvalue weighted by Gasteiger charge is 2.17. The number of nitrogens with zero attached hydrogens (tertiary/aromatic N) is 1. The zero-order valence-corrected chi connectivity index (χ0v) is 15.4. The lowest BCUT2D eigenvalue weighted by atomic mass is 10.1. The number of amides is 2. The maximum atomic E-state index is 14.0. The molecule has 0 aliphatic carbocycles. The molecule has 136 valence electrons. The van der Waals surface area contributed by atoms with Crippen molar-refractivity contribution in [3.8, 4) is 11.6 Å². The smallest absolute Gasteiger partial charge is 0.261 e. The third-order valence-corrected chi connectivity index (χ3v) is 4.02. The molecule has 0 bridgehead atoms. The predicted molar refractivity (Wildman–Crippen MR) is 101 cm³/mol. The molecule has 3 rings (SSSR count). The van der Waals surface area contributed by atoms with Crippen LogP contribution in [0.25, 0.3) is 0 Å². The molecule has 0 radical (unpaired) electrons. The standard InChI is InChI=1S/C19H13BrFN3O3/c20-12-3-1-4-13(10-12)27-19-14(5-2-8-23-19)18(26)24-16-9-11(17(22)25)6-7-15(16)21/h1-10H,(H2,22,25)(H,24,26). The zero-order valence-electron chi connectivity index (χ0n) is 13.8. The van der Waals surface area contributed by atoms with Gasteiger partial charge in [-0.1, -0.05) is 22.0 Å². The first-order valence-electron chi connectivity index (χ1n) is 7.73. The molecule has 1 heterocycles. The fourth-order valence-electron chi connectivity index (χ4n) is 2.25. The molecule has 1 aromatic heterocycles. The van der Waals surface area contributed by atoms with Gasteiger partial charge in [0.2, 0.25) is 11.8 Å². The Morgan fingerprint density at radius 2 is 1.93 bits per heavy atom. The second-order valence-electron chi connectivity index (χ2n) is 5.43. The Bertz CT molecular complexity index is 1030. The maximum absolute atomic E-state index is 14.0. The fraction of sp³-hybridized carbons (Fsp3) is 0. The van der Waals surface area contributed by atoms with Gasteiger partial charge in [0.15, 0.2) is 0 Å². The Hall–Kier alpha value is -3.26. The zero-order chi connectivity index (χ0) is 19.4. The topological polar surface area (TPSA) is 94.3 Å². The number of hydrogen-bond donors (Lipinski definition) is 2. The number of nitrogens with one attached hydrogen (secondary N) is 1. The molecule has 8 heteroatoms. The quantitative estimate of drug-likeness (QED) is 0.637. The Morgan fingerprint density at radius 1 is 1.11 bits per heavy atom. The highest BCUT2D eigenvalue weighted by atomic mass is 79.9. The van der Waals surface area contributed by atoms with E-state index in [2.05, 4.69) is 26.2 Å². The summed E-state index contributed by atoms with van der Waals surface area (Å²) in [6.07, 6.45) is 1.47. The molecule has 0 fully saturated rings. The number of anilines is 1. The van der Waals surface area contributed by atoms with E-state index in [-0.39, 0.29) is 22.7 Å². The van der Waals surface area contributed by atoms with Crippen molar-refractivity contribution in [3.05, 3.63) is 82.2 Å². The molecule has 27 heavy (non-hydrogen) atoms. The monoisotopic (exact) mass is 429 g/mol. The van der Waals surface area contributed by atoms with E-state index in [1.807, 2.05) is 6.07 Å². The molecule has 0 aliphatic rings. The number of nitrogens with two attached hydrogens (primary N) is 1. The summed E-state index contributed by atoms with van der Waals surface area (Å²) in [5, 5.41) is 2.41. The van der Waals surface area contributed by atoms with Gasteiger partial charge in [-0.15, -0.1) is 0 Å². The molecule has 0 saturated heterocycles. The molecule has 0 unspecified atom stereocenters. The first kappa shape index (κ1) is 18.5. The molecular weight excluding hydrogens is 417 g/mol. The number of ether oxygens (including phenoxy) is 1. The summed E-state index contributed by atoms with van der Waals surface area (Å²) in [6.45, 7) is 0. The maximum Gasteiger partial charge on any atom is 0.261 e. The Morgan fingerprint density at radius 3 is 2.67 bits per heavy atom. The number of pyridine rings is 1. The van der Waals surface area contributed by atoms with Gasteiger partial charge in [-0.05, 0) is 48.5 Å². The lowest BCUT2D eigenvalue weighted by molar-refractivity contribution is 0.0995. The van der Waals surface area contributed by atoms with Crippen LogP contribution in [0.4, 0.5) is 10.1 Å². The average Bonchev–Trinajstić information content (AvgIpc) is 2.63. The van der Waals surface area contributed by atoms with Crippen LogP contribution in [0.2, 0.25) is 0 Å². The highest BCUT2D eigenvalue weighted by Crippen LogP contribution is 2.26. The fourth-order valence-corrected chi connectivity index (χ4v) is 2.63. The average molecular weight is 430 g/mol. The summed E-state index contributed by atoms with van der Waals surface area (Å²) in [7, 11) is 0. The molecule has 6 nitrogen and oxygen atoms in total. The first-order chi connectivity index (χ1) is 12.9. The molecular formula is C19H13BrFN3O3. The SMILES string of the molecule is NC(=O)c1ccc(F)c(NC(=O)c2cccnc2Oc2cccc(Br)c2)c1. The number of halogens is 2. The van der Waals surface area contributed by atoms with E-state index in [9.17, 15) is 14.0 Å². The minimum absolute atomic E-state index is 0.0552. The molecule has 0 saturated carbocycles. The van der Waals surface area contributed by atoms with Crippen molar-refractivity contribution in [2.24, 2.45) is 5.73 Å². The molecule has 0 atom stereocenters. The largest absolute Gasteiger partial charge is 0.438 e. The molecule has 0 spiro atoms. The molecule has 3 N–H and O–H groups in total. The van der Waals surface area contributed by atoms with E-state index in [1.165, 1.54) is 24.4 Å². The van der Waals surface area contributed by atoms with Crippen LogP contribution in [0.1, 0.15) is 20.7 Å². The summed E-state index contributed by atoms with van der Waals surface area (Å²) >= 11 is 3.33. The Labute approximate surface area is 162 Å². The van der Waals surface area contributed by atoms with Crippen molar-refractivity contribution < 1.29 is 18.7 Å². The van der Waals surface area contributed by atoms with Crippen molar-refractivity contribution >= 4 is 33.4 Å². The third kappa shape index (κ3) is 4.48. The van der Waals surface area contributed by atoms with Gasteiger partial charge < -0.3 is 15.8 Å².